The van der Waals surface area contributed by atoms with E-state index in [2.05, 4.69) is 26.3 Å². The van der Waals surface area contributed by atoms with Crippen molar-refractivity contribution < 1.29 is 9.53 Å². The van der Waals surface area contributed by atoms with Crippen molar-refractivity contribution >= 4 is 21.8 Å². The van der Waals surface area contributed by atoms with Crippen LogP contribution in [0.2, 0.25) is 0 Å². The number of aromatic nitrogens is 2. The van der Waals surface area contributed by atoms with Gasteiger partial charge in [0.05, 0.1) is 5.69 Å². The second-order valence-electron chi connectivity index (χ2n) is 5.97. The third kappa shape index (κ3) is 3.70. The van der Waals surface area contributed by atoms with Gasteiger partial charge >= 0.3 is 0 Å². The van der Waals surface area contributed by atoms with Gasteiger partial charge in [0.1, 0.15) is 0 Å². The molecule has 24 heavy (non-hydrogen) atoms. The van der Waals surface area contributed by atoms with Gasteiger partial charge < -0.3 is 10.1 Å². The molecule has 0 aliphatic heterocycles. The summed E-state index contributed by atoms with van der Waals surface area (Å²) >= 11 is 3.51. The number of benzene rings is 1. The van der Waals surface area contributed by atoms with Crippen LogP contribution in [-0.2, 0) is 17.6 Å². The SMILES string of the molecule is COCCCNC(=O)c1nn(-c2cccc(Br)c2)c2c1CCCC2. The molecule has 5 nitrogen and oxygen atoms in total. The number of hydrogen-bond donors (Lipinski definition) is 1. The lowest BCUT2D eigenvalue weighted by Gasteiger charge is -2.14. The molecule has 0 saturated heterocycles. The average Bonchev–Trinajstić information content (AvgIpc) is 2.98. The number of rotatable bonds is 6. The smallest absolute Gasteiger partial charge is 0.272 e. The minimum absolute atomic E-state index is 0.0852. The Hall–Kier alpha value is -1.66. The summed E-state index contributed by atoms with van der Waals surface area (Å²) in [5, 5.41) is 7.61. The van der Waals surface area contributed by atoms with E-state index in [0.717, 1.165) is 47.8 Å². The normalized spacial score (nSPS) is 13.6. The first-order valence-corrected chi connectivity index (χ1v) is 9.14. The van der Waals surface area contributed by atoms with Crippen LogP contribution in [0, 0.1) is 0 Å². The van der Waals surface area contributed by atoms with Gasteiger partial charge in [-0.05, 0) is 50.3 Å². The molecule has 0 fully saturated rings. The maximum Gasteiger partial charge on any atom is 0.272 e. The number of hydrogen-bond acceptors (Lipinski definition) is 3. The Kier molecular flexibility index (Phi) is 5.68. The minimum Gasteiger partial charge on any atom is -0.385 e. The molecule has 1 aliphatic rings. The summed E-state index contributed by atoms with van der Waals surface area (Å²) in [7, 11) is 1.66. The molecule has 2 aromatic rings. The molecule has 1 aromatic heterocycles. The summed E-state index contributed by atoms with van der Waals surface area (Å²) in [5.74, 6) is -0.0852. The molecular weight excluding hydrogens is 370 g/mol. The van der Waals surface area contributed by atoms with E-state index >= 15 is 0 Å². The number of amides is 1. The van der Waals surface area contributed by atoms with E-state index in [0.29, 0.717) is 18.8 Å². The second-order valence-corrected chi connectivity index (χ2v) is 6.89. The molecule has 0 unspecified atom stereocenters. The zero-order valence-electron chi connectivity index (χ0n) is 13.8. The molecule has 1 amide bonds. The van der Waals surface area contributed by atoms with Gasteiger partial charge in [-0.3, -0.25) is 4.79 Å². The molecule has 128 valence electrons. The van der Waals surface area contributed by atoms with Crippen molar-refractivity contribution in [2.24, 2.45) is 0 Å². The van der Waals surface area contributed by atoms with Gasteiger partial charge in [-0.1, -0.05) is 22.0 Å². The molecule has 1 heterocycles. The Labute approximate surface area is 150 Å². The van der Waals surface area contributed by atoms with Gasteiger partial charge in [-0.2, -0.15) is 5.10 Å². The Morgan fingerprint density at radius 1 is 1.38 bits per heavy atom. The lowest BCUT2D eigenvalue weighted by Crippen LogP contribution is -2.26. The predicted octanol–water partition coefficient (Wildman–Crippen LogP) is 3.28. The van der Waals surface area contributed by atoms with Crippen molar-refractivity contribution in [3.63, 3.8) is 0 Å². The monoisotopic (exact) mass is 391 g/mol. The Morgan fingerprint density at radius 2 is 2.21 bits per heavy atom. The third-order valence-corrected chi connectivity index (χ3v) is 4.75. The Morgan fingerprint density at radius 3 is 3.00 bits per heavy atom. The lowest BCUT2D eigenvalue weighted by molar-refractivity contribution is 0.0942. The number of carbonyl (C=O) groups is 1. The number of halogens is 1. The highest BCUT2D eigenvalue weighted by molar-refractivity contribution is 9.10. The van der Waals surface area contributed by atoms with Crippen LogP contribution in [0.25, 0.3) is 5.69 Å². The summed E-state index contributed by atoms with van der Waals surface area (Å²) in [6.45, 7) is 1.25. The first-order chi connectivity index (χ1) is 11.7. The van der Waals surface area contributed by atoms with Crippen LogP contribution in [0.15, 0.2) is 28.7 Å². The fourth-order valence-electron chi connectivity index (χ4n) is 3.10. The van der Waals surface area contributed by atoms with Crippen molar-refractivity contribution in [2.75, 3.05) is 20.3 Å². The fraction of sp³-hybridized carbons (Fsp3) is 0.444. The van der Waals surface area contributed by atoms with Crippen molar-refractivity contribution in [3.8, 4) is 5.69 Å². The van der Waals surface area contributed by atoms with Gasteiger partial charge in [0.2, 0.25) is 0 Å². The van der Waals surface area contributed by atoms with Crippen molar-refractivity contribution in [1.29, 1.82) is 0 Å². The fourth-order valence-corrected chi connectivity index (χ4v) is 3.49. The maximum atomic E-state index is 12.6. The van der Waals surface area contributed by atoms with Gasteiger partial charge in [-0.15, -0.1) is 0 Å². The predicted molar refractivity (Wildman–Crippen MR) is 96.7 cm³/mol. The summed E-state index contributed by atoms with van der Waals surface area (Å²) in [5.41, 5.74) is 3.83. The largest absolute Gasteiger partial charge is 0.385 e. The molecule has 0 radical (unpaired) electrons. The highest BCUT2D eigenvalue weighted by atomic mass is 79.9. The Balaban J connectivity index is 1.89. The molecule has 1 N–H and O–H groups in total. The number of carbonyl (C=O) groups excluding carboxylic acids is 1. The number of fused-ring (bicyclic) bond motifs is 1. The molecule has 1 aliphatic carbocycles. The first-order valence-electron chi connectivity index (χ1n) is 8.34. The highest BCUT2D eigenvalue weighted by Gasteiger charge is 2.25. The standard InChI is InChI=1S/C18H22BrN3O2/c1-24-11-5-10-20-18(23)17-15-8-2-3-9-16(15)22(21-17)14-7-4-6-13(19)12-14/h4,6-7,12H,2-3,5,8-11H2,1H3,(H,20,23). The van der Waals surface area contributed by atoms with E-state index in [1.54, 1.807) is 7.11 Å². The highest BCUT2D eigenvalue weighted by Crippen LogP contribution is 2.27. The molecule has 0 atom stereocenters. The third-order valence-electron chi connectivity index (χ3n) is 4.26. The number of nitrogens with zero attached hydrogens (tertiary/aromatic N) is 2. The van der Waals surface area contributed by atoms with E-state index in [1.165, 1.54) is 5.69 Å². The van der Waals surface area contributed by atoms with E-state index in [4.69, 9.17) is 4.74 Å². The van der Waals surface area contributed by atoms with E-state index < -0.39 is 0 Å². The van der Waals surface area contributed by atoms with E-state index in [1.807, 2.05) is 28.9 Å². The van der Waals surface area contributed by atoms with Crippen LogP contribution < -0.4 is 5.32 Å². The van der Waals surface area contributed by atoms with Crippen LogP contribution in [0.5, 0.6) is 0 Å². The number of nitrogens with one attached hydrogen (secondary N) is 1. The van der Waals surface area contributed by atoms with Crippen molar-refractivity contribution in [1.82, 2.24) is 15.1 Å². The summed E-state index contributed by atoms with van der Waals surface area (Å²) < 4.78 is 7.96. The maximum absolute atomic E-state index is 12.6. The molecule has 3 rings (SSSR count). The molecular formula is C18H22BrN3O2. The zero-order chi connectivity index (χ0) is 16.9. The number of ether oxygens (including phenoxy) is 1. The van der Waals surface area contributed by atoms with Crippen LogP contribution in [0.3, 0.4) is 0 Å². The molecule has 0 spiro atoms. The second kappa shape index (κ2) is 7.94. The van der Waals surface area contributed by atoms with Crippen LogP contribution in [-0.4, -0.2) is 35.9 Å². The van der Waals surface area contributed by atoms with Crippen molar-refractivity contribution in [3.05, 3.63) is 45.7 Å². The summed E-state index contributed by atoms with van der Waals surface area (Å²) in [6.07, 6.45) is 4.94. The lowest BCUT2D eigenvalue weighted by atomic mass is 9.95. The number of methoxy groups -OCH3 is 1. The van der Waals surface area contributed by atoms with Crippen LogP contribution in [0.1, 0.15) is 41.0 Å². The van der Waals surface area contributed by atoms with Gasteiger partial charge in [0, 0.05) is 36.0 Å². The average molecular weight is 392 g/mol. The Bertz CT molecular complexity index is 727. The van der Waals surface area contributed by atoms with Gasteiger partial charge in [0.25, 0.3) is 5.91 Å². The molecule has 6 heteroatoms. The molecule has 0 saturated carbocycles. The van der Waals surface area contributed by atoms with Crippen molar-refractivity contribution in [2.45, 2.75) is 32.1 Å². The quantitative estimate of drug-likeness (QED) is 0.768. The molecule has 0 bridgehead atoms. The minimum atomic E-state index is -0.0852. The van der Waals surface area contributed by atoms with Crippen LogP contribution in [0.4, 0.5) is 0 Å². The topological polar surface area (TPSA) is 56.1 Å². The van der Waals surface area contributed by atoms with E-state index in [-0.39, 0.29) is 5.91 Å². The summed E-state index contributed by atoms with van der Waals surface area (Å²) in [4.78, 5) is 12.6. The zero-order valence-corrected chi connectivity index (χ0v) is 15.4. The molecule has 1 aromatic carbocycles. The van der Waals surface area contributed by atoms with Crippen LogP contribution >= 0.6 is 15.9 Å². The van der Waals surface area contributed by atoms with E-state index in [9.17, 15) is 4.79 Å². The summed E-state index contributed by atoms with van der Waals surface area (Å²) in [6, 6.07) is 8.03. The first kappa shape index (κ1) is 17.2. The van der Waals surface area contributed by atoms with Gasteiger partial charge in [-0.25, -0.2) is 4.68 Å². The van der Waals surface area contributed by atoms with Gasteiger partial charge in [0.15, 0.2) is 5.69 Å².